The number of aliphatic hydroxyl groups excluding tert-OH is 1. The first-order chi connectivity index (χ1) is 10.3. The quantitative estimate of drug-likeness (QED) is 0.798. The van der Waals surface area contributed by atoms with Crippen molar-refractivity contribution in [2.75, 3.05) is 7.11 Å². The molecular weight excluding hydrogens is 264 g/mol. The number of rotatable bonds is 4. The Hall–Kier alpha value is -2.46. The Labute approximate surface area is 123 Å². The van der Waals surface area contributed by atoms with E-state index >= 15 is 0 Å². The summed E-state index contributed by atoms with van der Waals surface area (Å²) in [5, 5.41) is 11.4. The maximum Gasteiger partial charge on any atom is 0.212 e. The van der Waals surface area contributed by atoms with Gasteiger partial charge in [-0.25, -0.2) is 4.98 Å². The molecule has 2 aromatic heterocycles. The van der Waals surface area contributed by atoms with Gasteiger partial charge in [0.25, 0.3) is 0 Å². The Bertz CT molecular complexity index is 741. The molecule has 106 valence electrons. The molecule has 4 heteroatoms. The maximum atomic E-state index is 10.4. The van der Waals surface area contributed by atoms with Crippen molar-refractivity contribution >= 4 is 10.9 Å². The van der Waals surface area contributed by atoms with Gasteiger partial charge in [-0.3, -0.25) is 4.98 Å². The Kier molecular flexibility index (Phi) is 3.79. The van der Waals surface area contributed by atoms with Crippen LogP contribution < -0.4 is 4.74 Å². The van der Waals surface area contributed by atoms with E-state index in [1.54, 1.807) is 25.6 Å². The third kappa shape index (κ3) is 3.01. The molecule has 0 bridgehead atoms. The van der Waals surface area contributed by atoms with Crippen LogP contribution in [0.15, 0.2) is 54.9 Å². The minimum Gasteiger partial charge on any atom is -0.481 e. The average Bonchev–Trinajstić information content (AvgIpc) is 2.55. The number of nitrogens with zero attached hydrogens (tertiary/aromatic N) is 2. The van der Waals surface area contributed by atoms with Crippen molar-refractivity contribution in [2.45, 2.75) is 12.5 Å². The minimum atomic E-state index is -0.577. The van der Waals surface area contributed by atoms with Gasteiger partial charge in [-0.05, 0) is 23.3 Å². The summed E-state index contributed by atoms with van der Waals surface area (Å²) >= 11 is 0. The van der Waals surface area contributed by atoms with Crippen molar-refractivity contribution in [3.05, 3.63) is 66.0 Å². The largest absolute Gasteiger partial charge is 0.481 e. The van der Waals surface area contributed by atoms with Gasteiger partial charge in [0.15, 0.2) is 0 Å². The lowest BCUT2D eigenvalue weighted by atomic mass is 10.0. The fourth-order valence-electron chi connectivity index (χ4n) is 2.28. The fraction of sp³-hybridized carbons (Fsp3) is 0.176. The minimum absolute atomic E-state index is 0.509. The number of hydrogen-bond donors (Lipinski definition) is 1. The molecule has 0 saturated heterocycles. The third-order valence-electron chi connectivity index (χ3n) is 3.45. The van der Waals surface area contributed by atoms with Crippen LogP contribution in [0.3, 0.4) is 0 Å². The van der Waals surface area contributed by atoms with E-state index in [0.29, 0.717) is 12.3 Å². The maximum absolute atomic E-state index is 10.4. The highest BCUT2D eigenvalue weighted by Gasteiger charge is 2.10. The van der Waals surface area contributed by atoms with E-state index in [0.717, 1.165) is 22.0 Å². The molecular formula is C17H16N2O2. The third-order valence-corrected chi connectivity index (χ3v) is 3.45. The Balaban J connectivity index is 1.80. The molecule has 3 aromatic rings. The van der Waals surface area contributed by atoms with Gasteiger partial charge in [0.1, 0.15) is 0 Å². The number of aliphatic hydroxyl groups is 1. The van der Waals surface area contributed by atoms with Crippen LogP contribution >= 0.6 is 0 Å². The molecule has 1 aromatic carbocycles. The van der Waals surface area contributed by atoms with Gasteiger partial charge in [0.05, 0.1) is 18.7 Å². The fourth-order valence-corrected chi connectivity index (χ4v) is 2.28. The Morgan fingerprint density at radius 3 is 2.81 bits per heavy atom. The number of pyridine rings is 2. The summed E-state index contributed by atoms with van der Waals surface area (Å²) in [5.74, 6) is 0.572. The SMILES string of the molecule is COc1ccc(CC(O)c2ccc3cccnc3c2)cn1. The summed E-state index contributed by atoms with van der Waals surface area (Å²) in [5.41, 5.74) is 2.71. The van der Waals surface area contributed by atoms with Crippen LogP contribution in [0.1, 0.15) is 17.2 Å². The molecule has 1 atom stereocenters. The monoisotopic (exact) mass is 280 g/mol. The predicted molar refractivity (Wildman–Crippen MR) is 81.2 cm³/mol. The predicted octanol–water partition coefficient (Wildman–Crippen LogP) is 2.91. The lowest BCUT2D eigenvalue weighted by Gasteiger charge is -2.12. The highest BCUT2D eigenvalue weighted by atomic mass is 16.5. The smallest absolute Gasteiger partial charge is 0.212 e. The Morgan fingerprint density at radius 2 is 2.05 bits per heavy atom. The molecule has 0 fully saturated rings. The number of ether oxygens (including phenoxy) is 1. The van der Waals surface area contributed by atoms with E-state index in [2.05, 4.69) is 9.97 Å². The molecule has 0 spiro atoms. The van der Waals surface area contributed by atoms with Gasteiger partial charge >= 0.3 is 0 Å². The van der Waals surface area contributed by atoms with Crippen molar-refractivity contribution in [3.63, 3.8) is 0 Å². The zero-order valence-corrected chi connectivity index (χ0v) is 11.7. The molecule has 3 rings (SSSR count). The summed E-state index contributed by atoms with van der Waals surface area (Å²) in [7, 11) is 1.58. The highest BCUT2D eigenvalue weighted by Crippen LogP contribution is 2.22. The number of fused-ring (bicyclic) bond motifs is 1. The second-order valence-electron chi connectivity index (χ2n) is 4.88. The summed E-state index contributed by atoms with van der Waals surface area (Å²) < 4.78 is 5.03. The first-order valence-electron chi connectivity index (χ1n) is 6.78. The second kappa shape index (κ2) is 5.89. The van der Waals surface area contributed by atoms with Gasteiger partial charge in [0.2, 0.25) is 5.88 Å². The number of benzene rings is 1. The standard InChI is InChI=1S/C17H16N2O2/c1-21-17-7-4-12(11-19-17)9-16(20)14-6-5-13-3-2-8-18-15(13)10-14/h2-8,10-11,16,20H,9H2,1H3. The van der Waals surface area contributed by atoms with Gasteiger partial charge in [-0.1, -0.05) is 24.3 Å². The average molecular weight is 280 g/mol. The summed E-state index contributed by atoms with van der Waals surface area (Å²) in [6.45, 7) is 0. The molecule has 4 nitrogen and oxygen atoms in total. The molecule has 1 unspecified atom stereocenters. The van der Waals surface area contributed by atoms with Crippen molar-refractivity contribution in [1.82, 2.24) is 9.97 Å². The van der Waals surface area contributed by atoms with Crippen LogP contribution in [0.2, 0.25) is 0 Å². The van der Waals surface area contributed by atoms with E-state index in [1.165, 1.54) is 0 Å². The van der Waals surface area contributed by atoms with Crippen molar-refractivity contribution in [3.8, 4) is 5.88 Å². The molecule has 2 heterocycles. The Morgan fingerprint density at radius 1 is 1.14 bits per heavy atom. The first kappa shape index (κ1) is 13.5. The summed E-state index contributed by atoms with van der Waals surface area (Å²) in [6, 6.07) is 13.5. The molecule has 21 heavy (non-hydrogen) atoms. The van der Waals surface area contributed by atoms with E-state index in [-0.39, 0.29) is 0 Å². The zero-order chi connectivity index (χ0) is 14.7. The molecule has 0 amide bonds. The van der Waals surface area contributed by atoms with E-state index in [4.69, 9.17) is 4.74 Å². The van der Waals surface area contributed by atoms with Crippen LogP contribution in [0.4, 0.5) is 0 Å². The highest BCUT2D eigenvalue weighted by molar-refractivity contribution is 5.78. The summed E-state index contributed by atoms with van der Waals surface area (Å²) in [4.78, 5) is 8.46. The van der Waals surface area contributed by atoms with Crippen LogP contribution in [0.25, 0.3) is 10.9 Å². The van der Waals surface area contributed by atoms with Crippen molar-refractivity contribution in [2.24, 2.45) is 0 Å². The number of methoxy groups -OCH3 is 1. The van der Waals surface area contributed by atoms with Gasteiger partial charge in [-0.15, -0.1) is 0 Å². The lowest BCUT2D eigenvalue weighted by Crippen LogP contribution is -2.02. The molecule has 0 aliphatic rings. The molecule has 1 N–H and O–H groups in total. The van der Waals surface area contributed by atoms with Crippen molar-refractivity contribution in [1.29, 1.82) is 0 Å². The number of hydrogen-bond acceptors (Lipinski definition) is 4. The first-order valence-corrected chi connectivity index (χ1v) is 6.78. The normalized spacial score (nSPS) is 12.3. The topological polar surface area (TPSA) is 55.2 Å². The van der Waals surface area contributed by atoms with Crippen LogP contribution in [-0.4, -0.2) is 22.2 Å². The van der Waals surface area contributed by atoms with E-state index in [9.17, 15) is 5.11 Å². The van der Waals surface area contributed by atoms with Crippen molar-refractivity contribution < 1.29 is 9.84 Å². The van der Waals surface area contributed by atoms with Crippen LogP contribution in [-0.2, 0) is 6.42 Å². The van der Waals surface area contributed by atoms with Gasteiger partial charge in [0, 0.05) is 30.3 Å². The second-order valence-corrected chi connectivity index (χ2v) is 4.88. The van der Waals surface area contributed by atoms with E-state index < -0.39 is 6.10 Å². The molecule has 0 aliphatic carbocycles. The van der Waals surface area contributed by atoms with E-state index in [1.807, 2.05) is 36.4 Å². The van der Waals surface area contributed by atoms with Crippen LogP contribution in [0.5, 0.6) is 5.88 Å². The zero-order valence-electron chi connectivity index (χ0n) is 11.7. The summed E-state index contributed by atoms with van der Waals surface area (Å²) in [6.07, 6.45) is 3.41. The molecule has 0 radical (unpaired) electrons. The molecule has 0 saturated carbocycles. The number of aromatic nitrogens is 2. The lowest BCUT2D eigenvalue weighted by molar-refractivity contribution is 0.178. The van der Waals surface area contributed by atoms with Crippen LogP contribution in [0, 0.1) is 0 Å². The molecule has 0 aliphatic heterocycles. The van der Waals surface area contributed by atoms with Gasteiger partial charge < -0.3 is 9.84 Å². The van der Waals surface area contributed by atoms with Gasteiger partial charge in [-0.2, -0.15) is 0 Å².